The summed E-state index contributed by atoms with van der Waals surface area (Å²) in [6.07, 6.45) is 10.6. The van der Waals surface area contributed by atoms with E-state index in [0.717, 1.165) is 30.4 Å². The van der Waals surface area contributed by atoms with Crippen molar-refractivity contribution >= 4 is 12.8 Å². The van der Waals surface area contributed by atoms with E-state index in [1.165, 1.54) is 51.1 Å². The van der Waals surface area contributed by atoms with Crippen molar-refractivity contribution in [2.24, 2.45) is 11.8 Å². The van der Waals surface area contributed by atoms with Crippen LogP contribution >= 0.6 is 0 Å². The zero-order valence-electron chi connectivity index (χ0n) is 21.2. The number of ether oxygens (including phenoxy) is 1. The van der Waals surface area contributed by atoms with Crippen LogP contribution in [0.3, 0.4) is 0 Å². The summed E-state index contributed by atoms with van der Waals surface area (Å²) >= 11 is 0. The number of hydrogen-bond acceptors (Lipinski definition) is 4. The number of carbonyl (C=O) groups excluding carboxylic acids is 1. The fraction of sp³-hybridized carbons (Fsp3) is 0.704. The molecule has 33 heavy (non-hydrogen) atoms. The van der Waals surface area contributed by atoms with Crippen LogP contribution in [-0.4, -0.2) is 49.0 Å². The fourth-order valence-corrected chi connectivity index (χ4v) is 4.50. The Bertz CT molecular complexity index is 700. The second-order valence-corrected chi connectivity index (χ2v) is 9.15. The molecule has 2 saturated carbocycles. The zero-order valence-corrected chi connectivity index (χ0v) is 21.2. The van der Waals surface area contributed by atoms with Gasteiger partial charge in [0.25, 0.3) is 6.47 Å². The quantitative estimate of drug-likeness (QED) is 0.483. The molecule has 1 aromatic rings. The van der Waals surface area contributed by atoms with E-state index in [2.05, 4.69) is 25.8 Å². The van der Waals surface area contributed by atoms with Gasteiger partial charge in [0.1, 0.15) is 11.6 Å². The molecule has 3 fully saturated rings. The average Bonchev–Trinajstić information content (AvgIpc) is 3.45. The zero-order chi connectivity index (χ0) is 24.8. The molecular weight excluding hydrogens is 421 g/mol. The predicted molar refractivity (Wildman–Crippen MR) is 132 cm³/mol. The van der Waals surface area contributed by atoms with Gasteiger partial charge in [-0.2, -0.15) is 0 Å². The number of carbonyl (C=O) groups is 2. The van der Waals surface area contributed by atoms with Crippen molar-refractivity contribution in [1.29, 1.82) is 0 Å². The Morgan fingerprint density at radius 2 is 1.76 bits per heavy atom. The molecule has 3 aliphatic rings. The van der Waals surface area contributed by atoms with E-state index in [4.69, 9.17) is 14.6 Å². The Labute approximate surface area is 199 Å². The standard InChI is InChI=1S/C18H23FO2.C6H13N.C2H6.CH2O2/c1-2-12-3-4-13(7-12)11-21-18-9-17(19)15(10-20)8-16(18)14-5-6-14;1-6-4-3-5-7(6)2;1-2;2-1-3/h8-10,12-14H,2-7,11H2,1H3;6H,3-5H2,1-2H3;1-2H3;1H,(H,2,3). The van der Waals surface area contributed by atoms with Crippen LogP contribution in [0, 0.1) is 17.7 Å². The third-order valence-corrected chi connectivity index (χ3v) is 6.86. The lowest BCUT2D eigenvalue weighted by Gasteiger charge is -2.16. The Morgan fingerprint density at radius 3 is 2.18 bits per heavy atom. The van der Waals surface area contributed by atoms with Gasteiger partial charge in [0, 0.05) is 12.1 Å². The highest BCUT2D eigenvalue weighted by Crippen LogP contribution is 2.45. The molecule has 1 saturated heterocycles. The lowest BCUT2D eigenvalue weighted by molar-refractivity contribution is -0.122. The molecule has 5 nitrogen and oxygen atoms in total. The largest absolute Gasteiger partial charge is 0.493 e. The van der Waals surface area contributed by atoms with E-state index in [-0.39, 0.29) is 12.0 Å². The average molecular weight is 466 g/mol. The van der Waals surface area contributed by atoms with Gasteiger partial charge in [-0.15, -0.1) is 0 Å². The maximum absolute atomic E-state index is 13.8. The van der Waals surface area contributed by atoms with E-state index in [1.807, 2.05) is 13.8 Å². The van der Waals surface area contributed by atoms with E-state index in [1.54, 1.807) is 6.07 Å². The molecule has 0 spiro atoms. The van der Waals surface area contributed by atoms with Gasteiger partial charge in [-0.25, -0.2) is 4.39 Å². The number of aldehydes is 1. The van der Waals surface area contributed by atoms with Gasteiger partial charge in [0.2, 0.25) is 0 Å². The maximum atomic E-state index is 13.8. The summed E-state index contributed by atoms with van der Waals surface area (Å²) in [7, 11) is 2.19. The molecule has 0 bridgehead atoms. The number of halogens is 1. The lowest BCUT2D eigenvalue weighted by atomic mass is 10.0. The molecule has 2 aliphatic carbocycles. The Kier molecular flexibility index (Phi) is 13.9. The maximum Gasteiger partial charge on any atom is 0.290 e. The summed E-state index contributed by atoms with van der Waals surface area (Å²) in [5.41, 5.74) is 1.17. The summed E-state index contributed by atoms with van der Waals surface area (Å²) in [5, 5.41) is 6.89. The molecule has 3 atom stereocenters. The van der Waals surface area contributed by atoms with Crippen LogP contribution < -0.4 is 4.74 Å². The molecule has 0 aromatic heterocycles. The Hall–Kier alpha value is -1.95. The van der Waals surface area contributed by atoms with Gasteiger partial charge in [-0.3, -0.25) is 9.59 Å². The monoisotopic (exact) mass is 465 g/mol. The molecule has 6 heteroatoms. The fourth-order valence-electron chi connectivity index (χ4n) is 4.50. The third kappa shape index (κ3) is 9.83. The molecule has 1 aromatic carbocycles. The molecule has 0 radical (unpaired) electrons. The van der Waals surface area contributed by atoms with Gasteiger partial charge in [-0.05, 0) is 88.4 Å². The summed E-state index contributed by atoms with van der Waals surface area (Å²) in [4.78, 5) is 21.7. The second-order valence-electron chi connectivity index (χ2n) is 9.15. The first-order chi connectivity index (χ1) is 15.9. The highest BCUT2D eigenvalue weighted by atomic mass is 19.1. The van der Waals surface area contributed by atoms with Gasteiger partial charge in [0.05, 0.1) is 12.2 Å². The van der Waals surface area contributed by atoms with E-state index >= 15 is 0 Å². The van der Waals surface area contributed by atoms with Gasteiger partial charge in [-0.1, -0.05) is 33.6 Å². The summed E-state index contributed by atoms with van der Waals surface area (Å²) in [6.45, 7) is 10.3. The minimum absolute atomic E-state index is 0.149. The third-order valence-electron chi connectivity index (χ3n) is 6.86. The van der Waals surface area contributed by atoms with Crippen LogP contribution in [-0.2, 0) is 4.79 Å². The molecule has 1 aliphatic heterocycles. The smallest absolute Gasteiger partial charge is 0.290 e. The Morgan fingerprint density at radius 1 is 1.12 bits per heavy atom. The predicted octanol–water partition coefficient (Wildman–Crippen LogP) is 6.55. The molecule has 188 valence electrons. The lowest BCUT2D eigenvalue weighted by Crippen LogP contribution is -2.20. The number of nitrogens with zero attached hydrogens (tertiary/aromatic N) is 1. The van der Waals surface area contributed by atoms with Crippen molar-refractivity contribution in [3.63, 3.8) is 0 Å². The molecular formula is C27H44FNO4. The van der Waals surface area contributed by atoms with Crippen molar-refractivity contribution in [2.45, 2.75) is 91.0 Å². The SMILES string of the molecule is CC.CC1CCCN1C.CCC1CCC(COc2cc(F)c(C=O)cc2C2CC2)C1.O=CO. The van der Waals surface area contributed by atoms with Crippen LogP contribution in [0.1, 0.15) is 101 Å². The van der Waals surface area contributed by atoms with Crippen LogP contribution in [0.5, 0.6) is 5.75 Å². The van der Waals surface area contributed by atoms with Crippen LogP contribution in [0.4, 0.5) is 4.39 Å². The minimum atomic E-state index is -0.470. The molecule has 1 N–H and O–H groups in total. The second kappa shape index (κ2) is 15.8. The van der Waals surface area contributed by atoms with Crippen molar-refractivity contribution < 1.29 is 23.8 Å². The van der Waals surface area contributed by atoms with E-state index in [0.29, 0.717) is 30.5 Å². The van der Waals surface area contributed by atoms with E-state index < -0.39 is 5.82 Å². The number of benzene rings is 1. The van der Waals surface area contributed by atoms with Crippen LogP contribution in [0.2, 0.25) is 0 Å². The first kappa shape index (κ1) is 29.1. The summed E-state index contributed by atoms with van der Waals surface area (Å²) < 4.78 is 19.8. The number of hydrogen-bond donors (Lipinski definition) is 1. The number of carboxylic acid groups (broad SMARTS) is 1. The minimum Gasteiger partial charge on any atom is -0.493 e. The molecule has 4 rings (SSSR count). The highest BCUT2D eigenvalue weighted by molar-refractivity contribution is 5.76. The van der Waals surface area contributed by atoms with Crippen molar-refractivity contribution in [2.75, 3.05) is 20.2 Å². The molecule has 3 unspecified atom stereocenters. The number of likely N-dealkylation sites (tertiary alicyclic amines) is 1. The summed E-state index contributed by atoms with van der Waals surface area (Å²) in [5.74, 6) is 2.06. The van der Waals surface area contributed by atoms with E-state index in [9.17, 15) is 9.18 Å². The topological polar surface area (TPSA) is 66.8 Å². The Balaban J connectivity index is 0.000000377. The van der Waals surface area contributed by atoms with Crippen molar-refractivity contribution in [1.82, 2.24) is 4.90 Å². The van der Waals surface area contributed by atoms with Crippen molar-refractivity contribution in [3.8, 4) is 5.75 Å². The first-order valence-electron chi connectivity index (χ1n) is 12.6. The first-order valence-corrected chi connectivity index (χ1v) is 12.6. The van der Waals surface area contributed by atoms with Crippen LogP contribution in [0.15, 0.2) is 12.1 Å². The van der Waals surface area contributed by atoms with Crippen molar-refractivity contribution in [3.05, 3.63) is 29.1 Å². The summed E-state index contributed by atoms with van der Waals surface area (Å²) in [6, 6.07) is 3.93. The van der Waals surface area contributed by atoms with Gasteiger partial charge < -0.3 is 14.7 Å². The van der Waals surface area contributed by atoms with Crippen LogP contribution in [0.25, 0.3) is 0 Å². The number of rotatable bonds is 6. The molecule has 1 heterocycles. The van der Waals surface area contributed by atoms with Gasteiger partial charge >= 0.3 is 0 Å². The van der Waals surface area contributed by atoms with Gasteiger partial charge in [0.15, 0.2) is 6.29 Å². The normalized spacial score (nSPS) is 23.8. The highest BCUT2D eigenvalue weighted by Gasteiger charge is 2.29. The molecule has 0 amide bonds.